The SMILES string of the molecule is CN(C)C(=O)C(OC(=O)CCNc1ncccn1)c1ccccc1. The number of hydrogen-bond donors (Lipinski definition) is 1. The first-order valence-electron chi connectivity index (χ1n) is 7.54. The molecule has 0 aliphatic rings. The van der Waals surface area contributed by atoms with Crippen molar-refractivity contribution in [3.8, 4) is 0 Å². The van der Waals surface area contributed by atoms with Crippen LogP contribution in [0.15, 0.2) is 48.8 Å². The minimum atomic E-state index is -0.943. The van der Waals surface area contributed by atoms with Crippen LogP contribution in [0.5, 0.6) is 0 Å². The van der Waals surface area contributed by atoms with E-state index in [0.29, 0.717) is 18.1 Å². The monoisotopic (exact) mass is 328 g/mol. The maximum atomic E-state index is 12.3. The Kier molecular flexibility index (Phi) is 6.24. The first-order chi connectivity index (χ1) is 11.6. The summed E-state index contributed by atoms with van der Waals surface area (Å²) in [7, 11) is 3.25. The Morgan fingerprint density at radius 3 is 2.42 bits per heavy atom. The number of hydrogen-bond acceptors (Lipinski definition) is 6. The highest BCUT2D eigenvalue weighted by molar-refractivity contribution is 5.84. The second kappa shape index (κ2) is 8.61. The number of ether oxygens (including phenoxy) is 1. The number of nitrogens with one attached hydrogen (secondary N) is 1. The molecule has 0 saturated carbocycles. The van der Waals surface area contributed by atoms with E-state index in [1.807, 2.05) is 6.07 Å². The number of esters is 1. The lowest BCUT2D eigenvalue weighted by Crippen LogP contribution is -2.31. The minimum absolute atomic E-state index is 0.0995. The maximum Gasteiger partial charge on any atom is 0.308 e. The summed E-state index contributed by atoms with van der Waals surface area (Å²) in [5.41, 5.74) is 0.643. The van der Waals surface area contributed by atoms with Crippen molar-refractivity contribution in [2.75, 3.05) is 26.0 Å². The molecule has 7 heteroatoms. The Morgan fingerprint density at radius 2 is 1.79 bits per heavy atom. The van der Waals surface area contributed by atoms with Gasteiger partial charge in [-0.05, 0) is 6.07 Å². The molecule has 7 nitrogen and oxygen atoms in total. The quantitative estimate of drug-likeness (QED) is 0.778. The van der Waals surface area contributed by atoms with Gasteiger partial charge in [0.15, 0.2) is 0 Å². The Bertz CT molecular complexity index is 662. The molecule has 0 aliphatic heterocycles. The number of amides is 1. The molecule has 2 rings (SSSR count). The number of likely N-dealkylation sites (N-methyl/N-ethyl adjacent to an activating group) is 1. The van der Waals surface area contributed by atoms with Crippen molar-refractivity contribution >= 4 is 17.8 Å². The third kappa shape index (κ3) is 5.05. The fourth-order valence-corrected chi connectivity index (χ4v) is 1.98. The Hall–Kier alpha value is -2.96. The fourth-order valence-electron chi connectivity index (χ4n) is 1.98. The fraction of sp³-hybridized carbons (Fsp3) is 0.294. The third-order valence-corrected chi connectivity index (χ3v) is 3.19. The number of benzene rings is 1. The summed E-state index contributed by atoms with van der Waals surface area (Å²) in [5, 5.41) is 2.92. The van der Waals surface area contributed by atoms with Crippen LogP contribution in [0, 0.1) is 0 Å². The summed E-state index contributed by atoms with van der Waals surface area (Å²) in [5.74, 6) is -0.314. The summed E-state index contributed by atoms with van der Waals surface area (Å²) >= 11 is 0. The standard InChI is InChI=1S/C17H20N4O3/c1-21(2)16(23)15(13-7-4-3-5-8-13)24-14(22)9-12-20-17-18-10-6-11-19-17/h3-8,10-11,15H,9,12H2,1-2H3,(H,18,19,20). The highest BCUT2D eigenvalue weighted by Gasteiger charge is 2.26. The molecule has 1 unspecified atom stereocenters. The van der Waals surface area contributed by atoms with Gasteiger partial charge in [-0.25, -0.2) is 9.97 Å². The van der Waals surface area contributed by atoms with Crippen LogP contribution in [0.4, 0.5) is 5.95 Å². The lowest BCUT2D eigenvalue weighted by molar-refractivity contribution is -0.159. The molecule has 0 spiro atoms. The van der Waals surface area contributed by atoms with E-state index in [1.165, 1.54) is 4.90 Å². The lowest BCUT2D eigenvalue weighted by atomic mass is 10.1. The summed E-state index contributed by atoms with van der Waals surface area (Å²) in [6.45, 7) is 0.320. The van der Waals surface area contributed by atoms with E-state index in [4.69, 9.17) is 4.74 Å². The molecule has 24 heavy (non-hydrogen) atoms. The zero-order chi connectivity index (χ0) is 17.4. The molecule has 126 valence electrons. The predicted octanol–water partition coefficient (Wildman–Crippen LogP) is 1.65. The predicted molar refractivity (Wildman–Crippen MR) is 89.1 cm³/mol. The molecule has 1 aromatic carbocycles. The second-order valence-corrected chi connectivity index (χ2v) is 5.26. The molecule has 0 saturated heterocycles. The Labute approximate surface area is 140 Å². The van der Waals surface area contributed by atoms with Gasteiger partial charge < -0.3 is 15.0 Å². The smallest absolute Gasteiger partial charge is 0.308 e. The third-order valence-electron chi connectivity index (χ3n) is 3.19. The molecule has 0 aliphatic carbocycles. The van der Waals surface area contributed by atoms with Gasteiger partial charge in [0.1, 0.15) is 0 Å². The van der Waals surface area contributed by atoms with Gasteiger partial charge in [-0.2, -0.15) is 0 Å². The molecule has 1 atom stereocenters. The summed E-state index contributed by atoms with van der Waals surface area (Å²) in [6.07, 6.45) is 2.37. The zero-order valence-electron chi connectivity index (χ0n) is 13.7. The first-order valence-corrected chi connectivity index (χ1v) is 7.54. The van der Waals surface area contributed by atoms with Crippen molar-refractivity contribution in [2.45, 2.75) is 12.5 Å². The van der Waals surface area contributed by atoms with Gasteiger partial charge >= 0.3 is 5.97 Å². The molecule has 1 amide bonds. The number of carbonyl (C=O) groups excluding carboxylic acids is 2. The minimum Gasteiger partial charge on any atom is -0.447 e. The highest BCUT2D eigenvalue weighted by Crippen LogP contribution is 2.20. The normalized spacial score (nSPS) is 11.4. The summed E-state index contributed by atoms with van der Waals surface area (Å²) < 4.78 is 5.39. The van der Waals surface area contributed by atoms with Gasteiger partial charge in [0, 0.05) is 38.6 Å². The van der Waals surface area contributed by atoms with Gasteiger partial charge in [0.2, 0.25) is 12.1 Å². The van der Waals surface area contributed by atoms with Crippen LogP contribution >= 0.6 is 0 Å². The van der Waals surface area contributed by atoms with Crippen LogP contribution in [0.3, 0.4) is 0 Å². The molecular formula is C17H20N4O3. The molecule has 2 aromatic rings. The van der Waals surface area contributed by atoms with Gasteiger partial charge in [-0.15, -0.1) is 0 Å². The summed E-state index contributed by atoms with van der Waals surface area (Å²) in [6, 6.07) is 10.7. The van der Waals surface area contributed by atoms with E-state index in [1.54, 1.807) is 56.8 Å². The maximum absolute atomic E-state index is 12.3. The van der Waals surface area contributed by atoms with Crippen molar-refractivity contribution in [1.82, 2.24) is 14.9 Å². The molecule has 0 fully saturated rings. The van der Waals surface area contributed by atoms with Crippen molar-refractivity contribution in [1.29, 1.82) is 0 Å². The van der Waals surface area contributed by atoms with Gasteiger partial charge in [-0.3, -0.25) is 9.59 Å². The lowest BCUT2D eigenvalue weighted by Gasteiger charge is -2.21. The average molecular weight is 328 g/mol. The van der Waals surface area contributed by atoms with E-state index < -0.39 is 12.1 Å². The molecule has 0 bridgehead atoms. The van der Waals surface area contributed by atoms with Crippen molar-refractivity contribution < 1.29 is 14.3 Å². The molecule has 0 radical (unpaired) electrons. The molecular weight excluding hydrogens is 308 g/mol. The average Bonchev–Trinajstić information content (AvgIpc) is 2.60. The molecule has 1 aromatic heterocycles. The van der Waals surface area contributed by atoms with Gasteiger partial charge in [0.25, 0.3) is 5.91 Å². The molecule has 1 N–H and O–H groups in total. The van der Waals surface area contributed by atoms with E-state index in [0.717, 1.165) is 0 Å². The van der Waals surface area contributed by atoms with Crippen molar-refractivity contribution in [2.24, 2.45) is 0 Å². The van der Waals surface area contributed by atoms with Crippen molar-refractivity contribution in [3.05, 3.63) is 54.4 Å². The van der Waals surface area contributed by atoms with E-state index in [2.05, 4.69) is 15.3 Å². The van der Waals surface area contributed by atoms with Crippen LogP contribution in [0.25, 0.3) is 0 Å². The largest absolute Gasteiger partial charge is 0.447 e. The second-order valence-electron chi connectivity index (χ2n) is 5.26. The zero-order valence-corrected chi connectivity index (χ0v) is 13.7. The highest BCUT2D eigenvalue weighted by atomic mass is 16.5. The first kappa shape index (κ1) is 17.4. The summed E-state index contributed by atoms with van der Waals surface area (Å²) in [4.78, 5) is 33.8. The van der Waals surface area contributed by atoms with E-state index >= 15 is 0 Å². The van der Waals surface area contributed by atoms with Crippen LogP contribution < -0.4 is 5.32 Å². The van der Waals surface area contributed by atoms with Gasteiger partial charge in [-0.1, -0.05) is 30.3 Å². The van der Waals surface area contributed by atoms with E-state index in [9.17, 15) is 9.59 Å². The Morgan fingerprint density at radius 1 is 1.12 bits per heavy atom. The van der Waals surface area contributed by atoms with Crippen LogP contribution in [0.1, 0.15) is 18.1 Å². The Balaban J connectivity index is 1.93. The number of anilines is 1. The van der Waals surface area contributed by atoms with E-state index in [-0.39, 0.29) is 12.3 Å². The topological polar surface area (TPSA) is 84.4 Å². The van der Waals surface area contributed by atoms with Crippen LogP contribution in [-0.4, -0.2) is 47.4 Å². The number of nitrogens with zero attached hydrogens (tertiary/aromatic N) is 3. The molecule has 1 heterocycles. The number of carbonyl (C=O) groups is 2. The number of aromatic nitrogens is 2. The van der Waals surface area contributed by atoms with Crippen LogP contribution in [-0.2, 0) is 14.3 Å². The van der Waals surface area contributed by atoms with Crippen LogP contribution in [0.2, 0.25) is 0 Å². The van der Waals surface area contributed by atoms with Crippen molar-refractivity contribution in [3.63, 3.8) is 0 Å². The van der Waals surface area contributed by atoms with Gasteiger partial charge in [0.05, 0.1) is 6.42 Å². The number of rotatable bonds is 7.